The molecule has 4 nitrogen and oxygen atoms in total. The van der Waals surface area contributed by atoms with Crippen LogP contribution in [0.3, 0.4) is 0 Å². The Morgan fingerprint density at radius 1 is 1.16 bits per heavy atom. The van der Waals surface area contributed by atoms with E-state index in [2.05, 4.69) is 0 Å². The Morgan fingerprint density at radius 2 is 1.79 bits per heavy atom. The molecular formula is C11H14F2N2O2S2. The highest BCUT2D eigenvalue weighted by Crippen LogP contribution is 2.26. The summed E-state index contributed by atoms with van der Waals surface area (Å²) in [6.45, 7) is 0.537. The lowest BCUT2D eigenvalue weighted by Gasteiger charge is -2.20. The van der Waals surface area contributed by atoms with Gasteiger partial charge in [0.25, 0.3) is 0 Å². The first-order chi connectivity index (χ1) is 8.93. The predicted molar refractivity (Wildman–Crippen MR) is 71.5 cm³/mol. The lowest BCUT2D eigenvalue weighted by Crippen LogP contribution is -2.34. The fourth-order valence-electron chi connectivity index (χ4n) is 1.92. The van der Waals surface area contributed by atoms with Gasteiger partial charge in [0.1, 0.15) is 11.6 Å². The van der Waals surface area contributed by atoms with E-state index >= 15 is 0 Å². The van der Waals surface area contributed by atoms with Crippen molar-refractivity contribution in [1.29, 1.82) is 0 Å². The molecule has 0 unspecified atom stereocenters. The number of benzene rings is 1. The molecule has 1 fully saturated rings. The van der Waals surface area contributed by atoms with E-state index in [1.54, 1.807) is 11.8 Å². The zero-order valence-electron chi connectivity index (χ0n) is 10.1. The summed E-state index contributed by atoms with van der Waals surface area (Å²) in [6.07, 6.45) is 0.669. The molecule has 0 atom stereocenters. The number of nitrogens with zero attached hydrogens (tertiary/aromatic N) is 1. The third kappa shape index (κ3) is 3.01. The van der Waals surface area contributed by atoms with Crippen LogP contribution in [0.25, 0.3) is 0 Å². The summed E-state index contributed by atoms with van der Waals surface area (Å²) in [4.78, 5) is -0.909. The lowest BCUT2D eigenvalue weighted by atomic mass is 10.3. The van der Waals surface area contributed by atoms with Gasteiger partial charge in [-0.1, -0.05) is 0 Å². The van der Waals surface area contributed by atoms with Crippen molar-refractivity contribution >= 4 is 27.5 Å². The quantitative estimate of drug-likeness (QED) is 0.844. The molecule has 1 aliphatic rings. The molecule has 0 aromatic heterocycles. The Bertz CT molecular complexity index is 547. The number of halogens is 2. The summed E-state index contributed by atoms with van der Waals surface area (Å²) in [5.74, 6) is -0.820. The normalized spacial score (nSPS) is 18.2. The predicted octanol–water partition coefficient (Wildman–Crippen LogP) is 1.67. The summed E-state index contributed by atoms with van der Waals surface area (Å²) in [5, 5.41) is 0. The zero-order valence-corrected chi connectivity index (χ0v) is 11.7. The molecule has 1 heterocycles. The van der Waals surface area contributed by atoms with Crippen LogP contribution in [-0.2, 0) is 10.0 Å². The van der Waals surface area contributed by atoms with Crippen molar-refractivity contribution in [3.8, 4) is 0 Å². The third-order valence-electron chi connectivity index (χ3n) is 2.80. The van der Waals surface area contributed by atoms with Crippen molar-refractivity contribution in [3.05, 3.63) is 23.8 Å². The lowest BCUT2D eigenvalue weighted by molar-refractivity contribution is 0.423. The Kier molecular flexibility index (Phi) is 4.32. The van der Waals surface area contributed by atoms with Crippen LogP contribution in [0.5, 0.6) is 0 Å². The van der Waals surface area contributed by atoms with Gasteiger partial charge in [-0.15, -0.1) is 0 Å². The largest absolute Gasteiger partial charge is 0.399 e. The van der Waals surface area contributed by atoms with Gasteiger partial charge in [-0.05, 0) is 24.3 Å². The van der Waals surface area contributed by atoms with Crippen LogP contribution in [0.4, 0.5) is 14.5 Å². The van der Waals surface area contributed by atoms with Gasteiger partial charge < -0.3 is 5.73 Å². The molecule has 2 rings (SSSR count). The van der Waals surface area contributed by atoms with Crippen LogP contribution in [0, 0.1) is 11.6 Å². The molecule has 0 saturated carbocycles. The van der Waals surface area contributed by atoms with E-state index in [1.165, 1.54) is 0 Å². The minimum absolute atomic E-state index is 0.139. The number of rotatable bonds is 2. The van der Waals surface area contributed by atoms with Gasteiger partial charge in [0.2, 0.25) is 10.0 Å². The average Bonchev–Trinajstić information content (AvgIpc) is 2.55. The van der Waals surface area contributed by atoms with Crippen molar-refractivity contribution in [2.45, 2.75) is 11.3 Å². The van der Waals surface area contributed by atoms with E-state index in [1.807, 2.05) is 0 Å². The molecule has 1 aromatic rings. The maximum atomic E-state index is 13.7. The van der Waals surface area contributed by atoms with Gasteiger partial charge in [0.05, 0.1) is 0 Å². The van der Waals surface area contributed by atoms with Crippen molar-refractivity contribution in [2.75, 3.05) is 30.3 Å². The summed E-state index contributed by atoms with van der Waals surface area (Å²) in [6, 6.07) is 1.64. The molecule has 8 heteroatoms. The number of nitrogen functional groups attached to an aromatic ring is 1. The molecule has 1 aromatic carbocycles. The van der Waals surface area contributed by atoms with Crippen LogP contribution >= 0.6 is 11.8 Å². The van der Waals surface area contributed by atoms with E-state index in [-0.39, 0.29) is 18.8 Å². The van der Waals surface area contributed by atoms with Gasteiger partial charge >= 0.3 is 0 Å². The zero-order chi connectivity index (χ0) is 14.0. The second-order valence-electron chi connectivity index (χ2n) is 4.18. The maximum Gasteiger partial charge on any atom is 0.248 e. The highest BCUT2D eigenvalue weighted by molar-refractivity contribution is 7.99. The second-order valence-corrected chi connectivity index (χ2v) is 7.28. The second kappa shape index (κ2) is 5.64. The monoisotopic (exact) mass is 308 g/mol. The topological polar surface area (TPSA) is 63.4 Å². The molecular weight excluding hydrogens is 294 g/mol. The first-order valence-electron chi connectivity index (χ1n) is 5.75. The highest BCUT2D eigenvalue weighted by Gasteiger charge is 2.31. The van der Waals surface area contributed by atoms with Crippen LogP contribution < -0.4 is 5.73 Å². The number of anilines is 1. The molecule has 0 spiro atoms. The number of thioether (sulfide) groups is 1. The number of hydrogen-bond acceptors (Lipinski definition) is 4. The first-order valence-corrected chi connectivity index (χ1v) is 8.35. The Balaban J connectivity index is 2.44. The van der Waals surface area contributed by atoms with Crippen molar-refractivity contribution in [2.24, 2.45) is 0 Å². The molecule has 0 bridgehead atoms. The molecule has 0 amide bonds. The van der Waals surface area contributed by atoms with Gasteiger partial charge in [-0.2, -0.15) is 16.1 Å². The summed E-state index contributed by atoms with van der Waals surface area (Å²) >= 11 is 1.63. The van der Waals surface area contributed by atoms with E-state index in [0.29, 0.717) is 12.2 Å². The van der Waals surface area contributed by atoms with Gasteiger partial charge in [-0.3, -0.25) is 0 Å². The standard InChI is InChI=1S/C11H14F2N2O2S2/c12-9-6-8(14)7-10(13)11(9)19(16,17)15-2-1-4-18-5-3-15/h6-7H,1-5,14H2. The molecule has 0 aliphatic carbocycles. The molecule has 0 radical (unpaired) electrons. The number of hydrogen-bond donors (Lipinski definition) is 1. The SMILES string of the molecule is Nc1cc(F)c(S(=O)(=O)N2CCCSCC2)c(F)c1. The smallest absolute Gasteiger partial charge is 0.248 e. The van der Waals surface area contributed by atoms with E-state index in [0.717, 1.165) is 22.2 Å². The number of sulfonamides is 1. The van der Waals surface area contributed by atoms with Crippen molar-refractivity contribution in [3.63, 3.8) is 0 Å². The van der Waals surface area contributed by atoms with Gasteiger partial charge in [0.15, 0.2) is 4.90 Å². The van der Waals surface area contributed by atoms with Crippen LogP contribution in [-0.4, -0.2) is 37.3 Å². The van der Waals surface area contributed by atoms with Crippen molar-refractivity contribution < 1.29 is 17.2 Å². The number of nitrogens with two attached hydrogens (primary N) is 1. The van der Waals surface area contributed by atoms with Crippen LogP contribution in [0.15, 0.2) is 17.0 Å². The molecule has 2 N–H and O–H groups in total. The van der Waals surface area contributed by atoms with Crippen LogP contribution in [0.1, 0.15) is 6.42 Å². The minimum Gasteiger partial charge on any atom is -0.399 e. The van der Waals surface area contributed by atoms with Crippen LogP contribution in [0.2, 0.25) is 0 Å². The highest BCUT2D eigenvalue weighted by atomic mass is 32.2. The molecule has 1 saturated heterocycles. The average molecular weight is 308 g/mol. The fraction of sp³-hybridized carbons (Fsp3) is 0.455. The molecule has 1 aliphatic heterocycles. The summed E-state index contributed by atoms with van der Waals surface area (Å²) in [5.41, 5.74) is 5.14. The summed E-state index contributed by atoms with van der Waals surface area (Å²) in [7, 11) is -4.15. The Morgan fingerprint density at radius 3 is 2.42 bits per heavy atom. The third-order valence-corrected chi connectivity index (χ3v) is 5.80. The van der Waals surface area contributed by atoms with E-state index < -0.39 is 26.6 Å². The fourth-order valence-corrected chi connectivity index (χ4v) is 4.49. The summed E-state index contributed by atoms with van der Waals surface area (Å²) < 4.78 is 53.2. The maximum absolute atomic E-state index is 13.7. The van der Waals surface area contributed by atoms with Gasteiger partial charge in [-0.25, -0.2) is 17.2 Å². The van der Waals surface area contributed by atoms with Gasteiger partial charge in [0, 0.05) is 24.5 Å². The first kappa shape index (κ1) is 14.5. The van der Waals surface area contributed by atoms with E-state index in [4.69, 9.17) is 5.73 Å². The minimum atomic E-state index is -4.15. The Hall–Kier alpha value is -0.860. The van der Waals surface area contributed by atoms with Crippen molar-refractivity contribution in [1.82, 2.24) is 4.31 Å². The molecule has 106 valence electrons. The Labute approximate surface area is 115 Å². The molecule has 19 heavy (non-hydrogen) atoms. The van der Waals surface area contributed by atoms with E-state index in [9.17, 15) is 17.2 Å².